The third-order valence-electron chi connectivity index (χ3n) is 1.57. The first-order valence-corrected chi connectivity index (χ1v) is 3.91. The molecule has 0 unspecified atom stereocenters. The maximum Gasteiger partial charge on any atom is 0.371 e. The summed E-state index contributed by atoms with van der Waals surface area (Å²) in [5.41, 5.74) is 5.37. The SMILES string of the molecule is Nc1nc(Cl)c2cc(C(=O)O)oc2n1. The number of nitrogen functional groups attached to an aromatic ring is 1. The van der Waals surface area contributed by atoms with Crippen LogP contribution < -0.4 is 5.73 Å². The van der Waals surface area contributed by atoms with Gasteiger partial charge in [0.1, 0.15) is 5.15 Å². The topological polar surface area (TPSA) is 102 Å². The Labute approximate surface area is 82.3 Å². The fourth-order valence-corrected chi connectivity index (χ4v) is 1.23. The maximum absolute atomic E-state index is 10.6. The Morgan fingerprint density at radius 1 is 1.57 bits per heavy atom. The Morgan fingerprint density at radius 2 is 2.29 bits per heavy atom. The minimum absolute atomic E-state index is 0.0613. The Bertz CT molecular complexity index is 522. The summed E-state index contributed by atoms with van der Waals surface area (Å²) in [6.45, 7) is 0. The predicted molar refractivity (Wildman–Crippen MR) is 48.2 cm³/mol. The summed E-state index contributed by atoms with van der Waals surface area (Å²) in [5.74, 6) is -1.51. The van der Waals surface area contributed by atoms with Crippen LogP contribution >= 0.6 is 11.6 Å². The fourth-order valence-electron chi connectivity index (χ4n) is 1.01. The minimum atomic E-state index is -1.20. The number of anilines is 1. The molecule has 2 rings (SSSR count). The summed E-state index contributed by atoms with van der Waals surface area (Å²) in [5, 5.41) is 9.03. The van der Waals surface area contributed by atoms with Crippen molar-refractivity contribution in [2.24, 2.45) is 0 Å². The molecule has 14 heavy (non-hydrogen) atoms. The number of carbonyl (C=O) groups is 1. The van der Waals surface area contributed by atoms with Gasteiger partial charge in [0.25, 0.3) is 0 Å². The lowest BCUT2D eigenvalue weighted by Gasteiger charge is -1.92. The van der Waals surface area contributed by atoms with Gasteiger partial charge >= 0.3 is 5.97 Å². The molecule has 3 N–H and O–H groups in total. The molecule has 0 spiro atoms. The molecule has 6 nitrogen and oxygen atoms in total. The molecule has 0 aliphatic heterocycles. The zero-order chi connectivity index (χ0) is 10.3. The number of hydrogen-bond donors (Lipinski definition) is 2. The molecule has 72 valence electrons. The highest BCUT2D eigenvalue weighted by Gasteiger charge is 2.14. The van der Waals surface area contributed by atoms with E-state index in [1.165, 1.54) is 6.07 Å². The number of nitrogens with zero attached hydrogens (tertiary/aromatic N) is 2. The van der Waals surface area contributed by atoms with Crippen molar-refractivity contribution in [1.29, 1.82) is 0 Å². The first kappa shape index (κ1) is 8.76. The maximum atomic E-state index is 10.6. The number of aromatic nitrogens is 2. The quantitative estimate of drug-likeness (QED) is 0.689. The van der Waals surface area contributed by atoms with Crippen molar-refractivity contribution in [3.8, 4) is 0 Å². The van der Waals surface area contributed by atoms with Crippen LogP contribution in [-0.4, -0.2) is 21.0 Å². The summed E-state index contributed by atoms with van der Waals surface area (Å²) in [6, 6.07) is 1.25. The van der Waals surface area contributed by atoms with E-state index in [2.05, 4.69) is 9.97 Å². The molecule has 0 aliphatic rings. The summed E-state index contributed by atoms with van der Waals surface area (Å²) < 4.78 is 4.88. The van der Waals surface area contributed by atoms with Crippen molar-refractivity contribution in [3.05, 3.63) is 17.0 Å². The highest BCUT2D eigenvalue weighted by atomic mass is 35.5. The second-order valence-corrected chi connectivity index (χ2v) is 2.87. The molecule has 2 heterocycles. The highest BCUT2D eigenvalue weighted by Crippen LogP contribution is 2.24. The molecule has 0 bridgehead atoms. The van der Waals surface area contributed by atoms with Gasteiger partial charge in [0.15, 0.2) is 0 Å². The van der Waals surface area contributed by atoms with E-state index in [0.717, 1.165) is 0 Å². The van der Waals surface area contributed by atoms with Crippen LogP contribution in [0.2, 0.25) is 5.15 Å². The van der Waals surface area contributed by atoms with Crippen LogP contribution in [0.3, 0.4) is 0 Å². The second kappa shape index (κ2) is 2.85. The molecule has 0 saturated heterocycles. The third kappa shape index (κ3) is 1.25. The van der Waals surface area contributed by atoms with Gasteiger partial charge in [-0.2, -0.15) is 4.98 Å². The van der Waals surface area contributed by atoms with E-state index in [1.54, 1.807) is 0 Å². The minimum Gasteiger partial charge on any atom is -0.475 e. The molecular formula is C7H4ClN3O3. The number of rotatable bonds is 1. The summed E-state index contributed by atoms with van der Waals surface area (Å²) in [4.78, 5) is 17.9. The lowest BCUT2D eigenvalue weighted by molar-refractivity contribution is 0.0664. The summed E-state index contributed by atoms with van der Waals surface area (Å²) in [7, 11) is 0. The summed E-state index contributed by atoms with van der Waals surface area (Å²) >= 11 is 5.70. The Hall–Kier alpha value is -1.82. The van der Waals surface area contributed by atoms with Gasteiger partial charge in [0.2, 0.25) is 17.4 Å². The van der Waals surface area contributed by atoms with Gasteiger partial charge in [-0.15, -0.1) is 0 Å². The van der Waals surface area contributed by atoms with E-state index < -0.39 is 5.97 Å². The van der Waals surface area contributed by atoms with Crippen molar-refractivity contribution in [2.75, 3.05) is 5.73 Å². The number of aromatic carboxylic acids is 1. The molecule has 0 atom stereocenters. The zero-order valence-corrected chi connectivity index (χ0v) is 7.45. The van der Waals surface area contributed by atoms with Crippen molar-refractivity contribution in [2.45, 2.75) is 0 Å². The fraction of sp³-hybridized carbons (Fsp3) is 0. The van der Waals surface area contributed by atoms with Crippen LogP contribution in [0.1, 0.15) is 10.6 Å². The molecule has 0 saturated carbocycles. The highest BCUT2D eigenvalue weighted by molar-refractivity contribution is 6.34. The van der Waals surface area contributed by atoms with Crippen LogP contribution in [0, 0.1) is 0 Å². The van der Waals surface area contributed by atoms with Gasteiger partial charge in [0.05, 0.1) is 5.39 Å². The van der Waals surface area contributed by atoms with Crippen molar-refractivity contribution in [3.63, 3.8) is 0 Å². The molecule has 0 radical (unpaired) electrons. The van der Waals surface area contributed by atoms with E-state index in [1.807, 2.05) is 0 Å². The van der Waals surface area contributed by atoms with Gasteiger partial charge in [-0.05, 0) is 0 Å². The molecule has 0 aliphatic carbocycles. The van der Waals surface area contributed by atoms with Crippen molar-refractivity contribution < 1.29 is 14.3 Å². The number of nitrogens with two attached hydrogens (primary N) is 1. The van der Waals surface area contributed by atoms with Crippen LogP contribution in [0.15, 0.2) is 10.5 Å². The molecular weight excluding hydrogens is 210 g/mol. The van der Waals surface area contributed by atoms with Gasteiger partial charge in [0, 0.05) is 6.07 Å². The molecule has 0 amide bonds. The smallest absolute Gasteiger partial charge is 0.371 e. The summed E-state index contributed by atoms with van der Waals surface area (Å²) in [6.07, 6.45) is 0. The number of furan rings is 1. The zero-order valence-electron chi connectivity index (χ0n) is 6.69. The largest absolute Gasteiger partial charge is 0.475 e. The van der Waals surface area contributed by atoms with Crippen LogP contribution in [0.25, 0.3) is 11.1 Å². The monoisotopic (exact) mass is 213 g/mol. The van der Waals surface area contributed by atoms with Gasteiger partial charge in [-0.3, -0.25) is 0 Å². The standard InChI is InChI=1S/C7H4ClN3O3/c8-4-2-1-3(6(12)13)14-5(2)11-7(9)10-4/h1H,(H,12,13)(H2,9,10,11). The van der Waals surface area contributed by atoms with Gasteiger partial charge in [-0.1, -0.05) is 11.6 Å². The Kier molecular flexibility index (Phi) is 1.78. The number of halogens is 1. The second-order valence-electron chi connectivity index (χ2n) is 2.51. The lowest BCUT2D eigenvalue weighted by atomic mass is 10.4. The predicted octanol–water partition coefficient (Wildman–Crippen LogP) is 1.16. The molecule has 0 fully saturated rings. The third-order valence-corrected chi connectivity index (χ3v) is 1.86. The normalized spacial score (nSPS) is 10.6. The molecule has 2 aromatic rings. The number of carboxylic acid groups (broad SMARTS) is 1. The van der Waals surface area contributed by atoms with Crippen molar-refractivity contribution >= 4 is 34.6 Å². The number of carboxylic acids is 1. The van der Waals surface area contributed by atoms with E-state index in [-0.39, 0.29) is 22.6 Å². The average molecular weight is 214 g/mol. The molecule has 7 heteroatoms. The van der Waals surface area contributed by atoms with Crippen LogP contribution in [0.4, 0.5) is 5.95 Å². The van der Waals surface area contributed by atoms with E-state index >= 15 is 0 Å². The van der Waals surface area contributed by atoms with Gasteiger partial charge < -0.3 is 15.3 Å². The van der Waals surface area contributed by atoms with Crippen molar-refractivity contribution in [1.82, 2.24) is 9.97 Å². The number of hydrogen-bond acceptors (Lipinski definition) is 5. The van der Waals surface area contributed by atoms with Gasteiger partial charge in [-0.25, -0.2) is 9.78 Å². The average Bonchev–Trinajstić information content (AvgIpc) is 2.47. The number of fused-ring (bicyclic) bond motifs is 1. The van der Waals surface area contributed by atoms with E-state index in [4.69, 9.17) is 26.9 Å². The molecule has 2 aromatic heterocycles. The van der Waals surface area contributed by atoms with Crippen LogP contribution in [-0.2, 0) is 0 Å². The lowest BCUT2D eigenvalue weighted by Crippen LogP contribution is -1.93. The van der Waals surface area contributed by atoms with Crippen LogP contribution in [0.5, 0.6) is 0 Å². The molecule has 0 aromatic carbocycles. The first-order valence-electron chi connectivity index (χ1n) is 3.54. The van der Waals surface area contributed by atoms with E-state index in [9.17, 15) is 4.79 Å². The Morgan fingerprint density at radius 3 is 2.93 bits per heavy atom. The Balaban J connectivity index is 2.76. The van der Waals surface area contributed by atoms with E-state index in [0.29, 0.717) is 5.39 Å². The first-order chi connectivity index (χ1) is 6.58.